The van der Waals surface area contributed by atoms with Gasteiger partial charge in [-0.15, -0.1) is 0 Å². The maximum atomic E-state index is 3.83. The van der Waals surface area contributed by atoms with Crippen molar-refractivity contribution in [3.63, 3.8) is 0 Å². The summed E-state index contributed by atoms with van der Waals surface area (Å²) in [6.45, 7) is 0. The molecule has 1 radical (unpaired) electrons. The van der Waals surface area contributed by atoms with Crippen LogP contribution in [0.1, 0.15) is 0 Å². The van der Waals surface area contributed by atoms with Gasteiger partial charge in [0.25, 0.3) is 0 Å². The van der Waals surface area contributed by atoms with Crippen molar-refractivity contribution in [1.82, 2.24) is 0 Å². The molecule has 0 heteroatoms. The second kappa shape index (κ2) is 8.52. The predicted octanol–water partition coefficient (Wildman–Crippen LogP) is 9.95. The van der Waals surface area contributed by atoms with E-state index in [9.17, 15) is 0 Å². The van der Waals surface area contributed by atoms with Crippen LogP contribution in [0.4, 0.5) is 0 Å². The summed E-state index contributed by atoms with van der Waals surface area (Å²) >= 11 is 0. The number of benzene rings is 7. The molecule has 0 N–H and O–H groups in total. The van der Waals surface area contributed by atoms with Gasteiger partial charge in [0.05, 0.1) is 0 Å². The van der Waals surface area contributed by atoms with Crippen molar-refractivity contribution in [2.24, 2.45) is 0 Å². The van der Waals surface area contributed by atoms with Crippen molar-refractivity contribution in [3.05, 3.63) is 146 Å². The lowest BCUT2D eigenvalue weighted by Crippen LogP contribution is -1.88. The monoisotopic (exact) mass is 455 g/mol. The highest BCUT2D eigenvalue weighted by Gasteiger charge is 2.12. The smallest absolute Gasteiger partial charge is 0.000741 e. The van der Waals surface area contributed by atoms with Crippen LogP contribution in [0.2, 0.25) is 0 Å². The van der Waals surface area contributed by atoms with Gasteiger partial charge in [-0.25, -0.2) is 0 Å². The topological polar surface area (TPSA) is 0 Å². The molecule has 7 rings (SSSR count). The predicted molar refractivity (Wildman–Crippen MR) is 154 cm³/mol. The summed E-state index contributed by atoms with van der Waals surface area (Å²) in [5, 5.41) is 7.51. The van der Waals surface area contributed by atoms with Gasteiger partial charge in [0.1, 0.15) is 0 Å². The highest BCUT2D eigenvalue weighted by Crippen LogP contribution is 2.39. The van der Waals surface area contributed by atoms with Crippen molar-refractivity contribution in [3.8, 4) is 33.4 Å². The Balaban J connectivity index is 1.45. The van der Waals surface area contributed by atoms with E-state index in [1.807, 2.05) is 0 Å². The van der Waals surface area contributed by atoms with Gasteiger partial charge in [0.15, 0.2) is 0 Å². The first-order valence-electron chi connectivity index (χ1n) is 12.4. The maximum Gasteiger partial charge on any atom is -0.000741 e. The van der Waals surface area contributed by atoms with E-state index in [1.54, 1.807) is 0 Å². The molecule has 0 fully saturated rings. The van der Waals surface area contributed by atoms with Crippen molar-refractivity contribution in [2.75, 3.05) is 0 Å². The van der Waals surface area contributed by atoms with Gasteiger partial charge in [-0.2, -0.15) is 0 Å². The first-order valence-corrected chi connectivity index (χ1v) is 12.4. The Hall–Kier alpha value is -4.68. The van der Waals surface area contributed by atoms with E-state index in [1.165, 1.54) is 60.1 Å². The molecule has 0 heterocycles. The standard InChI is InChI=1S/C36H23/c1-2-11-25(12-3-1)26-13-10-14-27(23-26)29-15-4-5-16-30(29)28-21-22-35-33-19-7-6-17-31(33)32-18-8-9-20-34(32)36(35)24-28/h1-23H. The average Bonchev–Trinajstić information content (AvgIpc) is 2.97. The minimum Gasteiger partial charge on any atom is -0.0622 e. The van der Waals surface area contributed by atoms with Crippen LogP contribution in [0.25, 0.3) is 65.7 Å². The highest BCUT2D eigenvalue weighted by molar-refractivity contribution is 6.25. The minimum atomic E-state index is 1.11. The summed E-state index contributed by atoms with van der Waals surface area (Å²) in [5.41, 5.74) is 7.19. The van der Waals surface area contributed by atoms with Gasteiger partial charge in [0.2, 0.25) is 0 Å². The number of rotatable bonds is 3. The Morgan fingerprint density at radius 2 is 0.861 bits per heavy atom. The molecule has 36 heavy (non-hydrogen) atoms. The fraction of sp³-hybridized carbons (Fsp3) is 0. The largest absolute Gasteiger partial charge is 0.0622 e. The summed E-state index contributed by atoms with van der Waals surface area (Å²) in [6, 6.07) is 53.8. The molecule has 0 saturated heterocycles. The summed E-state index contributed by atoms with van der Waals surface area (Å²) in [7, 11) is 0. The van der Waals surface area contributed by atoms with Crippen LogP contribution in [0.5, 0.6) is 0 Å². The third-order valence-corrected chi connectivity index (χ3v) is 7.15. The number of hydrogen-bond donors (Lipinski definition) is 0. The van der Waals surface area contributed by atoms with Crippen molar-refractivity contribution >= 4 is 32.3 Å². The number of hydrogen-bond acceptors (Lipinski definition) is 0. The quantitative estimate of drug-likeness (QED) is 0.233. The Morgan fingerprint density at radius 1 is 0.333 bits per heavy atom. The first-order chi connectivity index (χ1) is 17.9. The third kappa shape index (κ3) is 3.39. The third-order valence-electron chi connectivity index (χ3n) is 7.15. The van der Waals surface area contributed by atoms with Gasteiger partial charge in [-0.3, -0.25) is 0 Å². The summed E-state index contributed by atoms with van der Waals surface area (Å²) < 4.78 is 0. The van der Waals surface area contributed by atoms with Crippen LogP contribution in [-0.4, -0.2) is 0 Å². The molecule has 0 aliphatic heterocycles. The summed E-state index contributed by atoms with van der Waals surface area (Å²) in [5.74, 6) is 0. The molecule has 167 valence electrons. The first kappa shape index (κ1) is 20.7. The zero-order valence-corrected chi connectivity index (χ0v) is 19.8. The molecule has 0 aliphatic rings. The molecule has 0 bridgehead atoms. The zero-order valence-electron chi connectivity index (χ0n) is 19.8. The van der Waals surface area contributed by atoms with Crippen LogP contribution in [0, 0.1) is 6.07 Å². The minimum absolute atomic E-state index is 1.11. The van der Waals surface area contributed by atoms with Crippen molar-refractivity contribution in [2.45, 2.75) is 0 Å². The molecular formula is C36H23. The molecule has 7 aromatic carbocycles. The fourth-order valence-electron chi connectivity index (χ4n) is 5.44. The van der Waals surface area contributed by atoms with Crippen LogP contribution >= 0.6 is 0 Å². The van der Waals surface area contributed by atoms with Crippen molar-refractivity contribution < 1.29 is 0 Å². The lowest BCUT2D eigenvalue weighted by Gasteiger charge is -2.14. The lowest BCUT2D eigenvalue weighted by molar-refractivity contribution is 1.57. The zero-order chi connectivity index (χ0) is 23.9. The van der Waals surface area contributed by atoms with E-state index >= 15 is 0 Å². The Morgan fingerprint density at radius 3 is 1.61 bits per heavy atom. The Bertz CT molecular complexity index is 1840. The molecule has 0 unspecified atom stereocenters. The molecule has 0 aliphatic carbocycles. The van der Waals surface area contributed by atoms with Gasteiger partial charge in [0, 0.05) is 0 Å². The maximum absolute atomic E-state index is 3.83. The molecule has 0 saturated carbocycles. The molecule has 7 aromatic rings. The number of fused-ring (bicyclic) bond motifs is 6. The molecule has 0 nitrogen and oxygen atoms in total. The van der Waals surface area contributed by atoms with Gasteiger partial charge < -0.3 is 0 Å². The lowest BCUT2D eigenvalue weighted by atomic mass is 9.89. The van der Waals surface area contributed by atoms with Gasteiger partial charge >= 0.3 is 0 Å². The van der Waals surface area contributed by atoms with E-state index < -0.39 is 0 Å². The summed E-state index contributed by atoms with van der Waals surface area (Å²) in [4.78, 5) is 0. The molecular weight excluding hydrogens is 432 g/mol. The Kier molecular flexibility index (Phi) is 4.89. The fourth-order valence-corrected chi connectivity index (χ4v) is 5.44. The van der Waals surface area contributed by atoms with Crippen molar-refractivity contribution in [1.29, 1.82) is 0 Å². The molecule has 0 aromatic heterocycles. The van der Waals surface area contributed by atoms with E-state index in [0.717, 1.165) is 5.56 Å². The molecule has 0 amide bonds. The second-order valence-electron chi connectivity index (χ2n) is 9.24. The average molecular weight is 456 g/mol. The van der Waals surface area contributed by atoms with E-state index in [4.69, 9.17) is 0 Å². The van der Waals surface area contributed by atoms with Crippen LogP contribution in [-0.2, 0) is 0 Å². The van der Waals surface area contributed by atoms with Crippen LogP contribution in [0.15, 0.2) is 140 Å². The molecule has 0 atom stereocenters. The SMILES string of the molecule is [c]1c(-c2ccccc2-c2cccc(-c3ccccc3)c2)ccc2c1c1ccccc1c1ccccc21. The van der Waals surface area contributed by atoms with Gasteiger partial charge in [-0.05, 0) is 77.8 Å². The van der Waals surface area contributed by atoms with Gasteiger partial charge in [-0.1, -0.05) is 133 Å². The Labute approximate surface area is 211 Å². The van der Waals surface area contributed by atoms with Crippen LogP contribution in [0.3, 0.4) is 0 Å². The van der Waals surface area contributed by atoms with E-state index in [-0.39, 0.29) is 0 Å². The van der Waals surface area contributed by atoms with Crippen LogP contribution < -0.4 is 0 Å². The van der Waals surface area contributed by atoms with E-state index in [2.05, 4.69) is 146 Å². The second-order valence-corrected chi connectivity index (χ2v) is 9.24. The molecule has 0 spiro atoms. The normalized spacial score (nSPS) is 11.3. The van der Waals surface area contributed by atoms with E-state index in [0.29, 0.717) is 0 Å². The summed E-state index contributed by atoms with van der Waals surface area (Å²) in [6.07, 6.45) is 0. The highest BCUT2D eigenvalue weighted by atomic mass is 14.2.